The van der Waals surface area contributed by atoms with Crippen LogP contribution in [-0.4, -0.2) is 35.0 Å². The van der Waals surface area contributed by atoms with Crippen LogP contribution in [0.4, 0.5) is 14.9 Å². The predicted octanol–water partition coefficient (Wildman–Crippen LogP) is 5.66. The third-order valence-electron chi connectivity index (χ3n) is 6.15. The summed E-state index contributed by atoms with van der Waals surface area (Å²) in [4.78, 5) is 31.1. The number of anilines is 1. The number of aromatic amines is 1. The third-order valence-corrected chi connectivity index (χ3v) is 6.15. The van der Waals surface area contributed by atoms with Crippen LogP contribution < -0.4 is 5.32 Å². The monoisotopic (exact) mass is 457 g/mol. The molecule has 0 fully saturated rings. The number of H-pyrrole nitrogens is 1. The van der Waals surface area contributed by atoms with E-state index in [4.69, 9.17) is 4.74 Å². The van der Waals surface area contributed by atoms with E-state index < -0.39 is 12.0 Å². The Hall–Kier alpha value is -4.13. The molecule has 0 spiro atoms. The third kappa shape index (κ3) is 3.90. The van der Waals surface area contributed by atoms with E-state index in [0.717, 1.165) is 27.7 Å². The molecule has 0 radical (unpaired) electrons. The van der Waals surface area contributed by atoms with Crippen LogP contribution in [0.15, 0.2) is 72.8 Å². The van der Waals surface area contributed by atoms with Crippen LogP contribution in [0, 0.1) is 5.82 Å². The molecule has 0 bridgehead atoms. The zero-order valence-electron chi connectivity index (χ0n) is 18.7. The van der Waals surface area contributed by atoms with Gasteiger partial charge < -0.3 is 19.9 Å². The Morgan fingerprint density at radius 1 is 1.06 bits per heavy atom. The lowest BCUT2D eigenvalue weighted by molar-refractivity contribution is 0.0527. The number of carbonyl (C=O) groups excluding carboxylic acids is 2. The van der Waals surface area contributed by atoms with Gasteiger partial charge in [0, 0.05) is 23.1 Å². The van der Waals surface area contributed by atoms with Crippen molar-refractivity contribution < 1.29 is 18.7 Å². The number of rotatable bonds is 4. The number of esters is 1. The summed E-state index contributed by atoms with van der Waals surface area (Å²) in [5.41, 5.74) is 4.52. The predicted molar refractivity (Wildman–Crippen MR) is 128 cm³/mol. The average Bonchev–Trinajstić information content (AvgIpc) is 3.23. The van der Waals surface area contributed by atoms with Gasteiger partial charge in [-0.15, -0.1) is 0 Å². The van der Waals surface area contributed by atoms with Crippen molar-refractivity contribution in [3.05, 3.63) is 101 Å². The second-order valence-corrected chi connectivity index (χ2v) is 8.16. The number of hydrogen-bond donors (Lipinski definition) is 2. The molecule has 1 atom stereocenters. The first-order chi connectivity index (χ1) is 16.6. The van der Waals surface area contributed by atoms with E-state index in [1.807, 2.05) is 18.2 Å². The van der Waals surface area contributed by atoms with Crippen molar-refractivity contribution in [2.45, 2.75) is 19.4 Å². The minimum Gasteiger partial charge on any atom is -0.462 e. The average molecular weight is 458 g/mol. The zero-order valence-corrected chi connectivity index (χ0v) is 18.7. The van der Waals surface area contributed by atoms with Crippen molar-refractivity contribution in [3.8, 4) is 0 Å². The molecule has 1 aromatic heterocycles. The standard InChI is InChI=1S/C27H24FN3O3/c1-2-34-26(32)21-8-4-6-10-23(21)30-27(33)31-16-15-20-19-7-3-5-9-22(19)29-24(20)25(31)17-11-13-18(28)14-12-17/h3-14,25,29H,2,15-16H2,1H3,(H,30,33)/t25-/m0/s1. The maximum atomic E-state index is 13.7. The molecule has 34 heavy (non-hydrogen) atoms. The van der Waals surface area contributed by atoms with Crippen molar-refractivity contribution >= 4 is 28.6 Å². The van der Waals surface area contributed by atoms with Crippen molar-refractivity contribution in [1.29, 1.82) is 0 Å². The van der Waals surface area contributed by atoms with Crippen LogP contribution >= 0.6 is 0 Å². The molecule has 1 aliphatic rings. The van der Waals surface area contributed by atoms with E-state index in [-0.39, 0.29) is 18.5 Å². The summed E-state index contributed by atoms with van der Waals surface area (Å²) in [6.45, 7) is 2.44. The lowest BCUT2D eigenvalue weighted by atomic mass is 9.92. The van der Waals surface area contributed by atoms with Gasteiger partial charge in [0.1, 0.15) is 5.82 Å². The summed E-state index contributed by atoms with van der Waals surface area (Å²) < 4.78 is 18.8. The first kappa shape index (κ1) is 21.7. The number of amides is 2. The molecule has 5 rings (SSSR count). The second kappa shape index (κ2) is 9.02. The highest BCUT2D eigenvalue weighted by atomic mass is 19.1. The van der Waals surface area contributed by atoms with Gasteiger partial charge in [0.25, 0.3) is 0 Å². The summed E-state index contributed by atoms with van der Waals surface area (Å²) in [5, 5.41) is 4.02. The molecule has 2 N–H and O–H groups in total. The molecule has 1 aliphatic heterocycles. The summed E-state index contributed by atoms with van der Waals surface area (Å²) >= 11 is 0. The first-order valence-electron chi connectivity index (χ1n) is 11.3. The van der Waals surface area contributed by atoms with Crippen LogP contribution in [0.3, 0.4) is 0 Å². The van der Waals surface area contributed by atoms with Gasteiger partial charge in [-0.1, -0.05) is 42.5 Å². The highest BCUT2D eigenvalue weighted by Gasteiger charge is 2.35. The number of nitrogens with one attached hydrogen (secondary N) is 2. The minimum absolute atomic E-state index is 0.239. The molecule has 2 amide bonds. The fourth-order valence-electron chi connectivity index (χ4n) is 4.62. The van der Waals surface area contributed by atoms with Crippen LogP contribution in [0.25, 0.3) is 10.9 Å². The van der Waals surface area contributed by atoms with Crippen LogP contribution in [-0.2, 0) is 11.2 Å². The Kier molecular flexibility index (Phi) is 5.76. The van der Waals surface area contributed by atoms with E-state index in [1.165, 1.54) is 12.1 Å². The first-order valence-corrected chi connectivity index (χ1v) is 11.3. The Balaban J connectivity index is 1.54. The van der Waals surface area contributed by atoms with Gasteiger partial charge in [0.05, 0.1) is 23.9 Å². The normalized spacial score (nSPS) is 15.1. The molecule has 0 saturated heterocycles. The van der Waals surface area contributed by atoms with Gasteiger partial charge in [-0.05, 0) is 54.8 Å². The Morgan fingerprint density at radius 2 is 1.79 bits per heavy atom. The van der Waals surface area contributed by atoms with E-state index >= 15 is 0 Å². The van der Waals surface area contributed by atoms with Crippen molar-refractivity contribution in [2.75, 3.05) is 18.5 Å². The van der Waals surface area contributed by atoms with Gasteiger partial charge in [0.15, 0.2) is 0 Å². The smallest absolute Gasteiger partial charge is 0.340 e. The number of aromatic nitrogens is 1. The fourth-order valence-corrected chi connectivity index (χ4v) is 4.62. The summed E-state index contributed by atoms with van der Waals surface area (Å²) in [7, 11) is 0. The number of carbonyl (C=O) groups is 2. The molecular formula is C27H24FN3O3. The summed E-state index contributed by atoms with van der Waals surface area (Å²) in [5.74, 6) is -0.833. The number of hydrogen-bond acceptors (Lipinski definition) is 3. The molecule has 0 unspecified atom stereocenters. The van der Waals surface area contributed by atoms with E-state index in [9.17, 15) is 14.0 Å². The molecule has 7 heteroatoms. The van der Waals surface area contributed by atoms with Gasteiger partial charge in [0.2, 0.25) is 0 Å². The van der Waals surface area contributed by atoms with Crippen LogP contribution in [0.1, 0.15) is 40.1 Å². The Bertz CT molecular complexity index is 1360. The van der Waals surface area contributed by atoms with E-state index in [1.54, 1.807) is 48.2 Å². The maximum absolute atomic E-state index is 13.7. The second-order valence-electron chi connectivity index (χ2n) is 8.16. The quantitative estimate of drug-likeness (QED) is 0.388. The zero-order chi connectivity index (χ0) is 23.7. The summed E-state index contributed by atoms with van der Waals surface area (Å²) in [6, 6.07) is 20.2. The SMILES string of the molecule is CCOC(=O)c1ccccc1NC(=O)N1CCc2c([nH]c3ccccc23)[C@@H]1c1ccc(F)cc1. The highest BCUT2D eigenvalue weighted by molar-refractivity contribution is 6.01. The lowest BCUT2D eigenvalue weighted by Gasteiger charge is -2.36. The van der Waals surface area contributed by atoms with Gasteiger partial charge in [-0.2, -0.15) is 0 Å². The number of para-hydroxylation sites is 2. The molecule has 4 aromatic rings. The molecule has 2 heterocycles. The van der Waals surface area contributed by atoms with Crippen molar-refractivity contribution in [1.82, 2.24) is 9.88 Å². The number of fused-ring (bicyclic) bond motifs is 3. The lowest BCUT2D eigenvalue weighted by Crippen LogP contribution is -2.43. The largest absolute Gasteiger partial charge is 0.462 e. The number of nitrogens with zero attached hydrogens (tertiary/aromatic N) is 1. The Morgan fingerprint density at radius 3 is 2.59 bits per heavy atom. The van der Waals surface area contributed by atoms with Crippen molar-refractivity contribution in [2.24, 2.45) is 0 Å². The Labute approximate surface area is 196 Å². The van der Waals surface area contributed by atoms with Gasteiger partial charge >= 0.3 is 12.0 Å². The number of benzene rings is 3. The topological polar surface area (TPSA) is 74.4 Å². The van der Waals surface area contributed by atoms with Crippen LogP contribution in [0.5, 0.6) is 0 Å². The molecule has 0 saturated carbocycles. The highest BCUT2D eigenvalue weighted by Crippen LogP contribution is 2.38. The molecule has 6 nitrogen and oxygen atoms in total. The minimum atomic E-state index is -0.495. The van der Waals surface area contributed by atoms with E-state index in [2.05, 4.69) is 16.4 Å². The fraction of sp³-hybridized carbons (Fsp3) is 0.185. The van der Waals surface area contributed by atoms with E-state index in [0.29, 0.717) is 24.2 Å². The maximum Gasteiger partial charge on any atom is 0.340 e. The summed E-state index contributed by atoms with van der Waals surface area (Å²) in [6.07, 6.45) is 0.671. The van der Waals surface area contributed by atoms with Crippen molar-refractivity contribution in [3.63, 3.8) is 0 Å². The molecular weight excluding hydrogens is 433 g/mol. The van der Waals surface area contributed by atoms with Crippen LogP contribution in [0.2, 0.25) is 0 Å². The molecule has 172 valence electrons. The molecule has 0 aliphatic carbocycles. The number of urea groups is 1. The van der Waals surface area contributed by atoms with Gasteiger partial charge in [-0.25, -0.2) is 14.0 Å². The number of ether oxygens (including phenoxy) is 1. The number of halogens is 1. The van der Waals surface area contributed by atoms with Gasteiger partial charge in [-0.3, -0.25) is 0 Å². The molecule has 3 aromatic carbocycles.